The number of esters is 1. The molecule has 5 atom stereocenters. The van der Waals surface area contributed by atoms with Crippen LogP contribution in [-0.4, -0.2) is 80.3 Å². The van der Waals surface area contributed by atoms with E-state index in [0.29, 0.717) is 6.42 Å². The molecule has 8 heteroatoms. The molecule has 0 aromatic carbocycles. The van der Waals surface area contributed by atoms with Crippen molar-refractivity contribution < 1.29 is 40.2 Å². The zero-order valence-corrected chi connectivity index (χ0v) is 19.9. The summed E-state index contributed by atoms with van der Waals surface area (Å²) in [6, 6.07) is 0. The van der Waals surface area contributed by atoms with Crippen LogP contribution < -0.4 is 0 Å². The smallest absolute Gasteiger partial charge is 0.308 e. The molecule has 0 aliphatic heterocycles. The Balaban J connectivity index is 3.63. The lowest BCUT2D eigenvalue weighted by Crippen LogP contribution is -2.47. The van der Waals surface area contributed by atoms with Gasteiger partial charge in [0, 0.05) is 0 Å². The van der Waals surface area contributed by atoms with Crippen molar-refractivity contribution in [2.75, 3.05) is 13.2 Å². The van der Waals surface area contributed by atoms with Gasteiger partial charge in [0.1, 0.15) is 31.0 Å². The minimum Gasteiger partial charge on any atom is -0.463 e. The largest absolute Gasteiger partial charge is 0.463 e. The van der Waals surface area contributed by atoms with Crippen LogP contribution in [0.5, 0.6) is 0 Å². The number of carbonyl (C=O) groups is 1. The minimum atomic E-state index is -1.78. The van der Waals surface area contributed by atoms with Crippen LogP contribution in [0.3, 0.4) is 0 Å². The van der Waals surface area contributed by atoms with Crippen molar-refractivity contribution in [1.29, 1.82) is 0 Å². The number of aliphatic hydroxyl groups excluding tert-OH is 6. The Hall–Kier alpha value is -0.770. The molecule has 0 spiro atoms. The van der Waals surface area contributed by atoms with Crippen LogP contribution in [0.2, 0.25) is 0 Å². The molecule has 1 unspecified atom stereocenters. The Morgan fingerprint density at radius 2 is 1.12 bits per heavy atom. The first-order valence-electron chi connectivity index (χ1n) is 12.5. The number of aliphatic hydroxyl groups is 6. The second-order valence-corrected chi connectivity index (χ2v) is 8.87. The van der Waals surface area contributed by atoms with Crippen LogP contribution in [0.15, 0.2) is 0 Å². The van der Waals surface area contributed by atoms with E-state index in [1.54, 1.807) is 0 Å². The van der Waals surface area contributed by atoms with Crippen molar-refractivity contribution in [1.82, 2.24) is 0 Å². The molecule has 0 fully saturated rings. The van der Waals surface area contributed by atoms with E-state index in [4.69, 9.17) is 9.84 Å². The van der Waals surface area contributed by atoms with Gasteiger partial charge in [0.2, 0.25) is 0 Å². The highest BCUT2D eigenvalue weighted by Gasteiger charge is 2.30. The van der Waals surface area contributed by atoms with Crippen molar-refractivity contribution in [2.24, 2.45) is 0 Å². The molecular formula is C24H48O8. The predicted molar refractivity (Wildman–Crippen MR) is 123 cm³/mol. The summed E-state index contributed by atoms with van der Waals surface area (Å²) in [5.41, 5.74) is 0. The molecule has 0 aromatic rings. The van der Waals surface area contributed by atoms with Crippen molar-refractivity contribution in [2.45, 2.75) is 134 Å². The molecule has 0 saturated heterocycles. The summed E-state index contributed by atoms with van der Waals surface area (Å²) < 4.78 is 4.81. The summed E-state index contributed by atoms with van der Waals surface area (Å²) in [6.07, 6.45) is 8.80. The molecule has 0 heterocycles. The van der Waals surface area contributed by atoms with Gasteiger partial charge in [-0.25, -0.2) is 0 Å². The van der Waals surface area contributed by atoms with Gasteiger partial charge in [-0.3, -0.25) is 4.79 Å². The maximum Gasteiger partial charge on any atom is 0.308 e. The highest BCUT2D eigenvalue weighted by Crippen LogP contribution is 2.14. The lowest BCUT2D eigenvalue weighted by atomic mass is 10.0. The topological polar surface area (TPSA) is 148 Å². The van der Waals surface area contributed by atoms with Gasteiger partial charge in [0.25, 0.3) is 0 Å². The van der Waals surface area contributed by atoms with Crippen molar-refractivity contribution in [3.63, 3.8) is 0 Å². The highest BCUT2D eigenvalue weighted by molar-refractivity contribution is 5.69. The van der Waals surface area contributed by atoms with Gasteiger partial charge < -0.3 is 35.4 Å². The van der Waals surface area contributed by atoms with Crippen LogP contribution in [0.1, 0.15) is 103 Å². The van der Waals surface area contributed by atoms with E-state index in [0.717, 1.165) is 19.3 Å². The molecule has 0 radical (unpaired) electrons. The van der Waals surface area contributed by atoms with Gasteiger partial charge >= 0.3 is 5.97 Å². The van der Waals surface area contributed by atoms with Gasteiger partial charge in [-0.15, -0.1) is 0 Å². The molecule has 0 aliphatic carbocycles. The molecule has 32 heavy (non-hydrogen) atoms. The van der Waals surface area contributed by atoms with Crippen LogP contribution in [0, 0.1) is 0 Å². The Morgan fingerprint density at radius 1 is 0.688 bits per heavy atom. The summed E-state index contributed by atoms with van der Waals surface area (Å²) >= 11 is 0. The molecule has 0 aromatic heterocycles. The second-order valence-electron chi connectivity index (χ2n) is 8.87. The van der Waals surface area contributed by atoms with Crippen molar-refractivity contribution in [3.05, 3.63) is 0 Å². The summed E-state index contributed by atoms with van der Waals surface area (Å²) in [5, 5.41) is 56.8. The molecule has 8 nitrogen and oxygen atoms in total. The third-order valence-corrected chi connectivity index (χ3v) is 5.78. The number of ether oxygens (including phenoxy) is 1. The summed E-state index contributed by atoms with van der Waals surface area (Å²) in [7, 11) is 0. The van der Waals surface area contributed by atoms with Crippen LogP contribution >= 0.6 is 0 Å². The van der Waals surface area contributed by atoms with Gasteiger partial charge in [-0.05, 0) is 6.42 Å². The number of hydrogen-bond acceptors (Lipinski definition) is 8. The number of unbranched alkanes of at least 4 members (excludes halogenated alkanes) is 12. The van der Waals surface area contributed by atoms with Crippen molar-refractivity contribution in [3.8, 4) is 0 Å². The lowest BCUT2D eigenvalue weighted by Gasteiger charge is -2.25. The van der Waals surface area contributed by atoms with E-state index >= 15 is 0 Å². The van der Waals surface area contributed by atoms with Crippen molar-refractivity contribution >= 4 is 5.97 Å². The highest BCUT2D eigenvalue weighted by atomic mass is 16.5. The lowest BCUT2D eigenvalue weighted by molar-refractivity contribution is -0.158. The zero-order valence-electron chi connectivity index (χ0n) is 19.9. The SMILES string of the molecule is CCCCCCCCCCCCCCCC(O)CC(=O)OC[C@H](O)[C@H](O)[C@@H](O)[C@@H](O)CO. The average Bonchev–Trinajstić information content (AvgIpc) is 2.78. The second kappa shape index (κ2) is 20.8. The average molecular weight is 465 g/mol. The van der Waals surface area contributed by atoms with Gasteiger partial charge in [0.15, 0.2) is 0 Å². The van der Waals surface area contributed by atoms with E-state index in [9.17, 15) is 30.3 Å². The standard InChI is InChI=1S/C24H48O8/c1-2-3-4-5-6-7-8-9-10-11-12-13-14-15-19(26)16-22(29)32-18-21(28)24(31)23(30)20(27)17-25/h19-21,23-28,30-31H,2-18H2,1H3/t19?,20-,21-,23-,24-/m0/s1. The minimum absolute atomic E-state index is 0.205. The maximum absolute atomic E-state index is 11.7. The normalized spacial score (nSPS) is 16.3. The molecule has 0 rings (SSSR count). The van der Waals surface area contributed by atoms with E-state index in [1.807, 2.05) is 0 Å². The van der Waals surface area contributed by atoms with E-state index in [-0.39, 0.29) is 6.42 Å². The van der Waals surface area contributed by atoms with E-state index in [1.165, 1.54) is 64.2 Å². The first-order valence-corrected chi connectivity index (χ1v) is 12.5. The van der Waals surface area contributed by atoms with Gasteiger partial charge in [0.05, 0.1) is 19.1 Å². The third-order valence-electron chi connectivity index (χ3n) is 5.78. The molecule has 192 valence electrons. The molecular weight excluding hydrogens is 416 g/mol. The summed E-state index contributed by atoms with van der Waals surface area (Å²) in [5.74, 6) is -0.712. The van der Waals surface area contributed by atoms with E-state index < -0.39 is 49.7 Å². The Kier molecular flexibility index (Phi) is 20.3. The first kappa shape index (κ1) is 31.2. The molecule has 0 saturated carbocycles. The maximum atomic E-state index is 11.7. The molecule has 0 aliphatic rings. The Morgan fingerprint density at radius 3 is 1.59 bits per heavy atom. The number of rotatable bonds is 22. The summed E-state index contributed by atoms with van der Waals surface area (Å²) in [4.78, 5) is 11.7. The first-order chi connectivity index (χ1) is 15.3. The van der Waals surface area contributed by atoms with Gasteiger partial charge in [-0.2, -0.15) is 0 Å². The predicted octanol–water partition coefficient (Wildman–Crippen LogP) is 2.20. The quantitative estimate of drug-likeness (QED) is 0.106. The third kappa shape index (κ3) is 16.8. The number of hydrogen-bond donors (Lipinski definition) is 6. The zero-order chi connectivity index (χ0) is 24.2. The van der Waals surface area contributed by atoms with Crippen LogP contribution in [-0.2, 0) is 9.53 Å². The Labute approximate surface area is 193 Å². The van der Waals surface area contributed by atoms with Gasteiger partial charge in [-0.1, -0.05) is 90.4 Å². The fraction of sp³-hybridized carbons (Fsp3) is 0.958. The summed E-state index contributed by atoms with van der Waals surface area (Å²) in [6.45, 7) is 0.872. The Bertz CT molecular complexity index is 434. The van der Waals surface area contributed by atoms with Crippen LogP contribution in [0.25, 0.3) is 0 Å². The van der Waals surface area contributed by atoms with Crippen LogP contribution in [0.4, 0.5) is 0 Å². The fourth-order valence-electron chi connectivity index (χ4n) is 3.59. The molecule has 6 N–H and O–H groups in total. The van der Waals surface area contributed by atoms with E-state index in [2.05, 4.69) is 6.92 Å². The monoisotopic (exact) mass is 464 g/mol. The number of carbonyl (C=O) groups excluding carboxylic acids is 1. The molecule has 0 amide bonds. The molecule has 0 bridgehead atoms. The fourth-order valence-corrected chi connectivity index (χ4v) is 3.59.